The maximum absolute atomic E-state index is 12.1. The van der Waals surface area contributed by atoms with Crippen LogP contribution in [0, 0.1) is 0 Å². The zero-order valence-electron chi connectivity index (χ0n) is 12.6. The molecule has 0 spiro atoms. The second-order valence-electron chi connectivity index (χ2n) is 5.76. The van der Waals surface area contributed by atoms with Crippen molar-refractivity contribution in [3.63, 3.8) is 0 Å². The highest BCUT2D eigenvalue weighted by Gasteiger charge is 2.45. The lowest BCUT2D eigenvalue weighted by atomic mass is 10.0. The van der Waals surface area contributed by atoms with Crippen molar-refractivity contribution in [1.29, 1.82) is 0 Å². The minimum absolute atomic E-state index is 0.109. The van der Waals surface area contributed by atoms with Gasteiger partial charge in [-0.1, -0.05) is 48.5 Å². The largest absolute Gasteiger partial charge is 0.494 e. The van der Waals surface area contributed by atoms with Crippen molar-refractivity contribution in [2.75, 3.05) is 6.61 Å². The highest BCUT2D eigenvalue weighted by atomic mass is 16.5. The molecule has 1 fully saturated rings. The number of hydrogen-bond acceptors (Lipinski definition) is 2. The van der Waals surface area contributed by atoms with Gasteiger partial charge in [-0.2, -0.15) is 0 Å². The van der Waals surface area contributed by atoms with E-state index in [-0.39, 0.29) is 11.4 Å². The van der Waals surface area contributed by atoms with Crippen LogP contribution in [0.3, 0.4) is 0 Å². The maximum atomic E-state index is 12.1. The van der Waals surface area contributed by atoms with Gasteiger partial charge in [-0.05, 0) is 37.0 Å². The molecule has 3 rings (SSSR count). The summed E-state index contributed by atoms with van der Waals surface area (Å²) in [5, 5.41) is 3.19. The molecule has 2 aromatic rings. The van der Waals surface area contributed by atoms with E-state index in [1.54, 1.807) is 0 Å². The van der Waals surface area contributed by atoms with Crippen LogP contribution in [-0.2, 0) is 10.3 Å². The molecule has 2 aromatic carbocycles. The number of ether oxygens (including phenoxy) is 1. The van der Waals surface area contributed by atoms with Crippen LogP contribution in [0.5, 0.6) is 5.75 Å². The predicted octanol–water partition coefficient (Wildman–Crippen LogP) is 3.65. The Bertz CT molecular complexity index is 606. The van der Waals surface area contributed by atoms with Crippen molar-refractivity contribution in [1.82, 2.24) is 5.32 Å². The molecule has 1 N–H and O–H groups in total. The Labute approximate surface area is 131 Å². The van der Waals surface area contributed by atoms with Crippen molar-refractivity contribution in [2.45, 2.75) is 31.2 Å². The summed E-state index contributed by atoms with van der Waals surface area (Å²) >= 11 is 0. The van der Waals surface area contributed by atoms with Crippen LogP contribution in [0.1, 0.15) is 31.2 Å². The van der Waals surface area contributed by atoms with Crippen LogP contribution < -0.4 is 10.1 Å². The van der Waals surface area contributed by atoms with Crippen LogP contribution >= 0.6 is 0 Å². The number of rotatable bonds is 7. The fourth-order valence-corrected chi connectivity index (χ4v) is 2.64. The Balaban J connectivity index is 1.42. The smallest absolute Gasteiger partial charge is 0.220 e. The first kappa shape index (κ1) is 14.6. The van der Waals surface area contributed by atoms with Crippen LogP contribution in [0.2, 0.25) is 0 Å². The normalized spacial score (nSPS) is 15.1. The lowest BCUT2D eigenvalue weighted by molar-refractivity contribution is -0.122. The zero-order chi connectivity index (χ0) is 15.3. The second kappa shape index (κ2) is 6.65. The number of benzene rings is 2. The summed E-state index contributed by atoms with van der Waals surface area (Å²) in [4.78, 5) is 12.1. The molecule has 1 aliphatic rings. The molecule has 0 aromatic heterocycles. The third kappa shape index (κ3) is 3.67. The van der Waals surface area contributed by atoms with Gasteiger partial charge in [0.05, 0.1) is 12.1 Å². The maximum Gasteiger partial charge on any atom is 0.220 e. The Kier molecular flexibility index (Phi) is 4.42. The van der Waals surface area contributed by atoms with E-state index >= 15 is 0 Å². The Morgan fingerprint density at radius 3 is 2.27 bits per heavy atom. The molecule has 0 heterocycles. The van der Waals surface area contributed by atoms with E-state index in [4.69, 9.17) is 4.74 Å². The van der Waals surface area contributed by atoms with Crippen LogP contribution in [0.25, 0.3) is 0 Å². The molecule has 0 bridgehead atoms. The van der Waals surface area contributed by atoms with Crippen molar-refractivity contribution < 1.29 is 9.53 Å². The molecule has 1 amide bonds. The first-order valence-corrected chi connectivity index (χ1v) is 7.83. The van der Waals surface area contributed by atoms with Crippen molar-refractivity contribution >= 4 is 5.91 Å². The summed E-state index contributed by atoms with van der Waals surface area (Å²) in [6.45, 7) is 0.565. The van der Waals surface area contributed by atoms with Crippen LogP contribution in [0.15, 0.2) is 60.7 Å². The third-order valence-corrected chi connectivity index (χ3v) is 4.02. The molecule has 0 aliphatic heterocycles. The number of carbonyl (C=O) groups excluding carboxylic acids is 1. The average Bonchev–Trinajstić information content (AvgIpc) is 3.34. The fraction of sp³-hybridized carbons (Fsp3) is 0.316. The molecule has 0 saturated heterocycles. The van der Waals surface area contributed by atoms with Crippen LogP contribution in [0.4, 0.5) is 0 Å². The molecule has 0 radical (unpaired) electrons. The lowest BCUT2D eigenvalue weighted by Crippen LogP contribution is -2.34. The highest BCUT2D eigenvalue weighted by molar-refractivity contribution is 5.77. The first-order chi connectivity index (χ1) is 10.8. The summed E-state index contributed by atoms with van der Waals surface area (Å²) in [5.41, 5.74) is 1.10. The zero-order valence-corrected chi connectivity index (χ0v) is 12.6. The minimum Gasteiger partial charge on any atom is -0.494 e. The number of para-hydroxylation sites is 1. The van der Waals surface area contributed by atoms with Gasteiger partial charge in [0.1, 0.15) is 5.75 Å². The van der Waals surface area contributed by atoms with E-state index < -0.39 is 0 Å². The summed E-state index contributed by atoms with van der Waals surface area (Å²) in [6.07, 6.45) is 3.29. The number of nitrogens with one attached hydrogen (secondary N) is 1. The minimum atomic E-state index is -0.112. The van der Waals surface area contributed by atoms with Crippen molar-refractivity contribution in [3.8, 4) is 5.75 Å². The molecule has 1 aliphatic carbocycles. The van der Waals surface area contributed by atoms with Gasteiger partial charge < -0.3 is 10.1 Å². The van der Waals surface area contributed by atoms with Crippen LogP contribution in [-0.4, -0.2) is 12.5 Å². The van der Waals surface area contributed by atoms with E-state index in [0.717, 1.165) is 25.0 Å². The first-order valence-electron chi connectivity index (χ1n) is 7.83. The number of hydrogen-bond donors (Lipinski definition) is 1. The molecule has 3 nitrogen and oxygen atoms in total. The van der Waals surface area contributed by atoms with Gasteiger partial charge in [0.25, 0.3) is 0 Å². The van der Waals surface area contributed by atoms with E-state index in [1.165, 1.54) is 5.56 Å². The van der Waals surface area contributed by atoms with Crippen molar-refractivity contribution in [2.24, 2.45) is 0 Å². The third-order valence-electron chi connectivity index (χ3n) is 4.02. The summed E-state index contributed by atoms with van der Waals surface area (Å²) < 4.78 is 5.61. The van der Waals surface area contributed by atoms with Gasteiger partial charge in [0.15, 0.2) is 0 Å². The quantitative estimate of drug-likeness (QED) is 0.792. The van der Waals surface area contributed by atoms with Gasteiger partial charge in [0.2, 0.25) is 5.91 Å². The fourth-order valence-electron chi connectivity index (χ4n) is 2.64. The Morgan fingerprint density at radius 2 is 1.64 bits per heavy atom. The van der Waals surface area contributed by atoms with Gasteiger partial charge in [-0.15, -0.1) is 0 Å². The molecule has 0 atom stereocenters. The number of amides is 1. The number of carbonyl (C=O) groups is 1. The monoisotopic (exact) mass is 295 g/mol. The van der Waals surface area contributed by atoms with E-state index in [0.29, 0.717) is 13.0 Å². The molecule has 0 unspecified atom stereocenters. The highest BCUT2D eigenvalue weighted by Crippen LogP contribution is 2.45. The summed E-state index contributed by atoms with van der Waals surface area (Å²) in [7, 11) is 0. The second-order valence-corrected chi connectivity index (χ2v) is 5.76. The standard InChI is InChI=1S/C19H21NO2/c21-18(12-7-15-22-17-10-5-2-6-11-17)20-19(13-14-19)16-8-3-1-4-9-16/h1-6,8-11H,7,12-15H2,(H,20,21). The summed E-state index contributed by atoms with van der Waals surface area (Å²) in [6, 6.07) is 19.9. The average molecular weight is 295 g/mol. The van der Waals surface area contributed by atoms with E-state index in [2.05, 4.69) is 17.4 Å². The lowest BCUT2D eigenvalue weighted by Gasteiger charge is -2.18. The van der Waals surface area contributed by atoms with Gasteiger partial charge in [-0.25, -0.2) is 0 Å². The Morgan fingerprint density at radius 1 is 1.00 bits per heavy atom. The molecule has 1 saturated carbocycles. The molecule has 3 heteroatoms. The topological polar surface area (TPSA) is 38.3 Å². The van der Waals surface area contributed by atoms with Gasteiger partial charge in [-0.3, -0.25) is 4.79 Å². The SMILES string of the molecule is O=C(CCCOc1ccccc1)NC1(c2ccccc2)CC1. The molecular weight excluding hydrogens is 274 g/mol. The van der Waals surface area contributed by atoms with Gasteiger partial charge in [0, 0.05) is 6.42 Å². The van der Waals surface area contributed by atoms with Crippen molar-refractivity contribution in [3.05, 3.63) is 66.2 Å². The Hall–Kier alpha value is -2.29. The predicted molar refractivity (Wildman–Crippen MR) is 86.7 cm³/mol. The van der Waals surface area contributed by atoms with Gasteiger partial charge >= 0.3 is 0 Å². The summed E-state index contributed by atoms with van der Waals surface area (Å²) in [5.74, 6) is 0.962. The molecule has 22 heavy (non-hydrogen) atoms. The molecule has 114 valence electrons. The van der Waals surface area contributed by atoms with E-state index in [1.807, 2.05) is 48.5 Å². The van der Waals surface area contributed by atoms with E-state index in [9.17, 15) is 4.79 Å². The molecular formula is C19H21NO2.